The van der Waals surface area contributed by atoms with Gasteiger partial charge in [-0.15, -0.1) is 10.2 Å². The average Bonchev–Trinajstić information content (AvgIpc) is 3.39. The van der Waals surface area contributed by atoms with Crippen molar-refractivity contribution in [1.29, 1.82) is 0 Å². The van der Waals surface area contributed by atoms with Crippen LogP contribution in [0.25, 0.3) is 11.5 Å². The smallest absolute Gasteiger partial charge is 0.247 e. The van der Waals surface area contributed by atoms with Gasteiger partial charge in [0.15, 0.2) is 0 Å². The molecule has 4 rings (SSSR count). The molecule has 2 aromatic carbocycles. The Morgan fingerprint density at radius 2 is 1.75 bits per heavy atom. The summed E-state index contributed by atoms with van der Waals surface area (Å²) in [5, 5.41) is 8.33. The fourth-order valence-electron chi connectivity index (χ4n) is 3.31. The second-order valence-electron chi connectivity index (χ2n) is 7.05. The predicted molar refractivity (Wildman–Crippen MR) is 107 cm³/mol. The Bertz CT molecular complexity index is 1050. The van der Waals surface area contributed by atoms with Gasteiger partial charge >= 0.3 is 0 Å². The molecule has 0 saturated carbocycles. The molecule has 8 heteroatoms. The van der Waals surface area contributed by atoms with E-state index in [2.05, 4.69) is 10.2 Å². The number of hydrogen-bond donors (Lipinski definition) is 0. The number of sulfonamides is 1. The highest BCUT2D eigenvalue weighted by Gasteiger charge is 2.35. The molecule has 1 aromatic heterocycles. The first-order valence-corrected chi connectivity index (χ1v) is 10.6. The second kappa shape index (κ2) is 7.37. The van der Waals surface area contributed by atoms with Gasteiger partial charge in [0.2, 0.25) is 21.8 Å². The topological polar surface area (TPSA) is 79.5 Å². The third-order valence-corrected chi connectivity index (χ3v) is 6.83. The van der Waals surface area contributed by atoms with Crippen molar-refractivity contribution in [2.24, 2.45) is 0 Å². The van der Waals surface area contributed by atoms with Crippen LogP contribution in [0.5, 0.6) is 0 Å². The molecule has 0 aliphatic carbocycles. The van der Waals surface area contributed by atoms with Crippen molar-refractivity contribution in [3.63, 3.8) is 0 Å². The summed E-state index contributed by atoms with van der Waals surface area (Å²) in [6, 6.07) is 16.3. The lowest BCUT2D eigenvalue weighted by molar-refractivity contribution is 0.440. The van der Waals surface area contributed by atoms with E-state index in [4.69, 9.17) is 4.42 Å². The van der Waals surface area contributed by atoms with Gasteiger partial charge < -0.3 is 9.32 Å². The Morgan fingerprint density at radius 3 is 2.43 bits per heavy atom. The summed E-state index contributed by atoms with van der Waals surface area (Å²) < 4.78 is 32.9. The van der Waals surface area contributed by atoms with E-state index in [1.807, 2.05) is 43.3 Å². The molecule has 0 amide bonds. The molecule has 0 radical (unpaired) electrons. The number of nitrogens with zero attached hydrogens (tertiary/aromatic N) is 4. The van der Waals surface area contributed by atoms with Crippen molar-refractivity contribution < 1.29 is 12.8 Å². The lowest BCUT2D eigenvalue weighted by atomic mass is 10.1. The Balaban J connectivity index is 1.49. The summed E-state index contributed by atoms with van der Waals surface area (Å²) in [6.45, 7) is 0.787. The van der Waals surface area contributed by atoms with Crippen molar-refractivity contribution in [2.75, 3.05) is 32.1 Å². The van der Waals surface area contributed by atoms with Crippen LogP contribution in [0.3, 0.4) is 0 Å². The number of anilines is 1. The monoisotopic (exact) mass is 398 g/mol. The highest BCUT2D eigenvalue weighted by molar-refractivity contribution is 7.89. The molecule has 0 spiro atoms. The Labute approximate surface area is 164 Å². The van der Waals surface area contributed by atoms with Crippen LogP contribution in [0.4, 0.5) is 5.69 Å². The van der Waals surface area contributed by atoms with E-state index in [1.54, 1.807) is 30.3 Å². The molecule has 1 atom stereocenters. The van der Waals surface area contributed by atoms with Crippen LogP contribution in [0.2, 0.25) is 0 Å². The van der Waals surface area contributed by atoms with Crippen LogP contribution >= 0.6 is 0 Å². The van der Waals surface area contributed by atoms with E-state index in [-0.39, 0.29) is 5.92 Å². The minimum atomic E-state index is -3.50. The standard InChI is InChI=1S/C20H22N4O3S/c1-23(2)17-10-8-15(9-11-17)19-21-22-20(27-19)16-12-13-24(14-16)28(25,26)18-6-4-3-5-7-18/h3-11,16H,12-14H2,1-2H3/t16-/m0/s1. The van der Waals surface area contributed by atoms with Gasteiger partial charge in [0.05, 0.1) is 10.8 Å². The minimum Gasteiger partial charge on any atom is -0.420 e. The summed E-state index contributed by atoms with van der Waals surface area (Å²) in [4.78, 5) is 2.33. The molecule has 0 bridgehead atoms. The van der Waals surface area contributed by atoms with Crippen LogP contribution in [-0.4, -0.2) is 50.1 Å². The summed E-state index contributed by atoms with van der Waals surface area (Å²) in [7, 11) is 0.464. The molecule has 7 nitrogen and oxygen atoms in total. The summed E-state index contributed by atoms with van der Waals surface area (Å²) >= 11 is 0. The lowest BCUT2D eigenvalue weighted by Crippen LogP contribution is -2.28. The molecule has 3 aromatic rings. The maximum atomic E-state index is 12.8. The molecular formula is C20H22N4O3S. The van der Waals surface area contributed by atoms with Gasteiger partial charge in [-0.3, -0.25) is 0 Å². The summed E-state index contributed by atoms with van der Waals surface area (Å²) in [5.74, 6) is 0.836. The SMILES string of the molecule is CN(C)c1ccc(-c2nnc([C@H]3CCN(S(=O)(=O)c4ccccc4)C3)o2)cc1. The fourth-order valence-corrected chi connectivity index (χ4v) is 4.83. The van der Waals surface area contributed by atoms with E-state index in [1.165, 1.54) is 4.31 Å². The van der Waals surface area contributed by atoms with E-state index in [0.717, 1.165) is 11.3 Å². The first-order chi connectivity index (χ1) is 13.4. The molecule has 28 heavy (non-hydrogen) atoms. The summed E-state index contributed by atoms with van der Waals surface area (Å²) in [6.07, 6.45) is 0.660. The number of benzene rings is 2. The first kappa shape index (κ1) is 18.6. The lowest BCUT2D eigenvalue weighted by Gasteiger charge is -2.15. The largest absolute Gasteiger partial charge is 0.420 e. The quantitative estimate of drug-likeness (QED) is 0.657. The molecule has 146 valence electrons. The molecule has 2 heterocycles. The normalized spacial score (nSPS) is 17.7. The second-order valence-corrected chi connectivity index (χ2v) is 8.99. The Hall–Kier alpha value is -2.71. The fraction of sp³-hybridized carbons (Fsp3) is 0.300. The Morgan fingerprint density at radius 1 is 1.04 bits per heavy atom. The van der Waals surface area contributed by atoms with E-state index < -0.39 is 10.0 Å². The van der Waals surface area contributed by atoms with Gasteiger partial charge in [-0.2, -0.15) is 4.31 Å². The zero-order valence-electron chi connectivity index (χ0n) is 15.8. The van der Waals surface area contributed by atoms with Crippen molar-refractivity contribution in [1.82, 2.24) is 14.5 Å². The third kappa shape index (κ3) is 3.53. The maximum absolute atomic E-state index is 12.8. The van der Waals surface area contributed by atoms with Crippen molar-refractivity contribution >= 4 is 15.7 Å². The van der Waals surface area contributed by atoms with E-state index in [0.29, 0.717) is 36.2 Å². The third-order valence-electron chi connectivity index (χ3n) is 4.95. The van der Waals surface area contributed by atoms with Crippen LogP contribution in [0, 0.1) is 0 Å². The van der Waals surface area contributed by atoms with Gasteiger partial charge in [-0.25, -0.2) is 8.42 Å². The highest BCUT2D eigenvalue weighted by atomic mass is 32.2. The molecule has 0 unspecified atom stereocenters. The maximum Gasteiger partial charge on any atom is 0.247 e. The number of rotatable bonds is 5. The van der Waals surface area contributed by atoms with Crippen molar-refractivity contribution in [3.8, 4) is 11.5 Å². The van der Waals surface area contributed by atoms with Crippen LogP contribution in [0.1, 0.15) is 18.2 Å². The minimum absolute atomic E-state index is 0.0965. The van der Waals surface area contributed by atoms with Gasteiger partial charge in [-0.1, -0.05) is 18.2 Å². The molecule has 0 N–H and O–H groups in total. The van der Waals surface area contributed by atoms with E-state index in [9.17, 15) is 8.42 Å². The molecule has 1 fully saturated rings. The average molecular weight is 398 g/mol. The van der Waals surface area contributed by atoms with Gasteiger partial charge in [0.1, 0.15) is 0 Å². The Kier molecular flexibility index (Phi) is 4.91. The van der Waals surface area contributed by atoms with Crippen molar-refractivity contribution in [2.45, 2.75) is 17.2 Å². The zero-order chi connectivity index (χ0) is 19.7. The summed E-state index contributed by atoms with van der Waals surface area (Å²) in [5.41, 5.74) is 1.93. The highest BCUT2D eigenvalue weighted by Crippen LogP contribution is 2.32. The predicted octanol–water partition coefficient (Wildman–Crippen LogP) is 2.98. The first-order valence-electron chi connectivity index (χ1n) is 9.11. The van der Waals surface area contributed by atoms with Gasteiger partial charge in [0.25, 0.3) is 0 Å². The zero-order valence-corrected chi connectivity index (χ0v) is 16.6. The van der Waals surface area contributed by atoms with Gasteiger partial charge in [0, 0.05) is 38.4 Å². The van der Waals surface area contributed by atoms with Crippen LogP contribution in [-0.2, 0) is 10.0 Å². The van der Waals surface area contributed by atoms with Crippen LogP contribution in [0.15, 0.2) is 63.9 Å². The molecule has 1 aliphatic rings. The molecular weight excluding hydrogens is 376 g/mol. The van der Waals surface area contributed by atoms with Crippen molar-refractivity contribution in [3.05, 3.63) is 60.5 Å². The van der Waals surface area contributed by atoms with Crippen LogP contribution < -0.4 is 4.90 Å². The molecule has 1 aliphatic heterocycles. The molecule has 1 saturated heterocycles. The number of hydrogen-bond acceptors (Lipinski definition) is 6. The van der Waals surface area contributed by atoms with Gasteiger partial charge in [-0.05, 0) is 42.8 Å². The van der Waals surface area contributed by atoms with E-state index >= 15 is 0 Å². The number of aromatic nitrogens is 2.